The third kappa shape index (κ3) is 3.74. The molecular weight excluding hydrogens is 318 g/mol. The summed E-state index contributed by atoms with van der Waals surface area (Å²) in [5, 5.41) is 10.3. The second-order valence-electron chi connectivity index (χ2n) is 4.38. The first-order valence-electron chi connectivity index (χ1n) is 5.98. The Morgan fingerprint density at radius 1 is 1.29 bits per heavy atom. The first-order valence-corrected chi connectivity index (χ1v) is 7.35. The fourth-order valence-corrected chi connectivity index (χ4v) is 2.91. The lowest BCUT2D eigenvalue weighted by atomic mass is 10.1. The summed E-state index contributed by atoms with van der Waals surface area (Å²) in [5.41, 5.74) is 0.541. The fraction of sp³-hybridized carbons (Fsp3) is 0.133. The Balaban J connectivity index is 2.26. The molecule has 21 heavy (non-hydrogen) atoms. The molecule has 6 heteroatoms. The normalized spacial score (nSPS) is 10.7. The van der Waals surface area contributed by atoms with E-state index in [-0.39, 0.29) is 27.7 Å². The van der Waals surface area contributed by atoms with E-state index in [1.54, 1.807) is 0 Å². The molecule has 0 heterocycles. The topological polar surface area (TPSA) is 37.3 Å². The van der Waals surface area contributed by atoms with E-state index in [0.29, 0.717) is 10.6 Å². The van der Waals surface area contributed by atoms with Crippen LogP contribution in [0.3, 0.4) is 0 Å². The van der Waals surface area contributed by atoms with Crippen LogP contribution < -0.4 is 0 Å². The average Bonchev–Trinajstić information content (AvgIpc) is 2.40. The van der Waals surface area contributed by atoms with E-state index < -0.39 is 11.6 Å². The Morgan fingerprint density at radius 3 is 2.62 bits per heavy atom. The highest BCUT2D eigenvalue weighted by Crippen LogP contribution is 2.33. The molecule has 0 aromatic heterocycles. The van der Waals surface area contributed by atoms with Crippen molar-refractivity contribution in [2.75, 3.05) is 0 Å². The van der Waals surface area contributed by atoms with E-state index in [1.807, 2.05) is 0 Å². The third-order valence-corrected chi connectivity index (χ3v) is 4.13. The van der Waals surface area contributed by atoms with Crippen LogP contribution in [0, 0.1) is 11.6 Å². The number of benzene rings is 2. The maximum absolute atomic E-state index is 13.5. The molecule has 0 aliphatic heterocycles. The molecule has 110 valence electrons. The van der Waals surface area contributed by atoms with Crippen molar-refractivity contribution in [2.24, 2.45) is 0 Å². The summed E-state index contributed by atoms with van der Waals surface area (Å²) in [4.78, 5) is 11.7. The lowest BCUT2D eigenvalue weighted by molar-refractivity contribution is 0.101. The Kier molecular flexibility index (Phi) is 4.85. The second-order valence-corrected chi connectivity index (χ2v) is 5.83. The molecule has 0 radical (unpaired) electrons. The molecule has 0 unspecified atom stereocenters. The predicted molar refractivity (Wildman–Crippen MR) is 79.0 cm³/mol. The Labute approximate surface area is 129 Å². The van der Waals surface area contributed by atoms with Crippen molar-refractivity contribution in [2.45, 2.75) is 17.6 Å². The van der Waals surface area contributed by atoms with Crippen molar-refractivity contribution < 1.29 is 18.7 Å². The first-order chi connectivity index (χ1) is 9.88. The van der Waals surface area contributed by atoms with Crippen LogP contribution in [0.1, 0.15) is 22.8 Å². The van der Waals surface area contributed by atoms with Crippen molar-refractivity contribution in [3.8, 4) is 5.75 Å². The summed E-state index contributed by atoms with van der Waals surface area (Å²) in [6.45, 7) is 1.32. The molecule has 0 aliphatic carbocycles. The van der Waals surface area contributed by atoms with E-state index in [4.69, 9.17) is 11.6 Å². The van der Waals surface area contributed by atoms with Gasteiger partial charge in [-0.3, -0.25) is 4.79 Å². The number of halogens is 3. The molecule has 0 aliphatic rings. The Hall–Kier alpha value is -1.59. The van der Waals surface area contributed by atoms with Crippen molar-refractivity contribution in [1.82, 2.24) is 0 Å². The number of thioether (sulfide) groups is 1. The minimum atomic E-state index is -0.673. The van der Waals surface area contributed by atoms with E-state index in [9.17, 15) is 18.7 Å². The van der Waals surface area contributed by atoms with Crippen molar-refractivity contribution in [3.05, 3.63) is 58.1 Å². The molecule has 2 nitrogen and oxygen atoms in total. The number of carbonyl (C=O) groups excluding carboxylic acids is 1. The van der Waals surface area contributed by atoms with Gasteiger partial charge in [0.05, 0.1) is 5.56 Å². The second kappa shape index (κ2) is 6.45. The highest BCUT2D eigenvalue weighted by atomic mass is 35.5. The van der Waals surface area contributed by atoms with Gasteiger partial charge in [-0.05, 0) is 31.2 Å². The van der Waals surface area contributed by atoms with Gasteiger partial charge >= 0.3 is 0 Å². The predicted octanol–water partition coefficient (Wildman–Crippen LogP) is 4.82. The van der Waals surface area contributed by atoms with Crippen LogP contribution >= 0.6 is 23.4 Å². The van der Waals surface area contributed by atoms with Crippen molar-refractivity contribution >= 4 is 29.1 Å². The quantitative estimate of drug-likeness (QED) is 0.646. The van der Waals surface area contributed by atoms with E-state index >= 15 is 0 Å². The van der Waals surface area contributed by atoms with Crippen LogP contribution in [0.2, 0.25) is 5.02 Å². The first kappa shape index (κ1) is 15.8. The third-order valence-electron chi connectivity index (χ3n) is 2.81. The number of aromatic hydroxyl groups is 1. The molecule has 2 aromatic rings. The van der Waals surface area contributed by atoms with Gasteiger partial charge < -0.3 is 5.11 Å². The number of Topliss-reactive ketones (excluding diaryl/α,β-unsaturated/α-hetero) is 1. The van der Waals surface area contributed by atoms with Crippen LogP contribution in [0.15, 0.2) is 35.2 Å². The van der Waals surface area contributed by atoms with Crippen LogP contribution in [0.25, 0.3) is 0 Å². The summed E-state index contributed by atoms with van der Waals surface area (Å²) < 4.78 is 26.4. The molecular formula is C15H11ClF2O2S. The highest BCUT2D eigenvalue weighted by molar-refractivity contribution is 7.98. The summed E-state index contributed by atoms with van der Waals surface area (Å²) in [7, 11) is 0. The van der Waals surface area contributed by atoms with Crippen LogP contribution in [0.5, 0.6) is 5.75 Å². The van der Waals surface area contributed by atoms with Gasteiger partial charge in [-0.25, -0.2) is 8.78 Å². The number of phenols is 1. The lowest BCUT2D eigenvalue weighted by Gasteiger charge is -2.09. The molecule has 0 atom stereocenters. The van der Waals surface area contributed by atoms with Crippen LogP contribution in [0.4, 0.5) is 8.78 Å². The maximum atomic E-state index is 13.5. The Morgan fingerprint density at radius 2 is 2.00 bits per heavy atom. The minimum Gasteiger partial charge on any atom is -0.507 e. The fourth-order valence-electron chi connectivity index (χ4n) is 1.78. The number of ketones is 1. The summed E-state index contributed by atoms with van der Waals surface area (Å²) in [6, 6.07) is 6.16. The van der Waals surface area contributed by atoms with Gasteiger partial charge in [-0.2, -0.15) is 0 Å². The van der Waals surface area contributed by atoms with Gasteiger partial charge in [0.15, 0.2) is 5.78 Å². The smallest absolute Gasteiger partial charge is 0.163 e. The average molecular weight is 329 g/mol. The summed E-state index contributed by atoms with van der Waals surface area (Å²) >= 11 is 6.98. The molecule has 0 bridgehead atoms. The maximum Gasteiger partial charge on any atom is 0.163 e. The van der Waals surface area contributed by atoms with Gasteiger partial charge in [0.1, 0.15) is 17.4 Å². The van der Waals surface area contributed by atoms with E-state index in [0.717, 1.165) is 23.9 Å². The molecule has 0 spiro atoms. The van der Waals surface area contributed by atoms with Crippen molar-refractivity contribution in [3.63, 3.8) is 0 Å². The highest BCUT2D eigenvalue weighted by Gasteiger charge is 2.14. The van der Waals surface area contributed by atoms with Gasteiger partial charge in [0, 0.05) is 27.3 Å². The molecule has 0 saturated heterocycles. The zero-order valence-corrected chi connectivity index (χ0v) is 12.6. The van der Waals surface area contributed by atoms with Gasteiger partial charge in [-0.1, -0.05) is 11.6 Å². The number of rotatable bonds is 4. The molecule has 1 N–H and O–H groups in total. The summed E-state index contributed by atoms with van der Waals surface area (Å²) in [5.74, 6) is -1.60. The minimum absolute atomic E-state index is 0.123. The zero-order chi connectivity index (χ0) is 15.6. The van der Waals surface area contributed by atoms with Gasteiger partial charge in [-0.15, -0.1) is 11.8 Å². The number of phenolic OH excluding ortho intramolecular Hbond substituents is 1. The monoisotopic (exact) mass is 328 g/mol. The van der Waals surface area contributed by atoms with E-state index in [2.05, 4.69) is 0 Å². The Bertz CT molecular complexity index is 704. The van der Waals surface area contributed by atoms with E-state index in [1.165, 1.54) is 25.1 Å². The number of hydrogen-bond donors (Lipinski definition) is 1. The number of carbonyl (C=O) groups is 1. The van der Waals surface area contributed by atoms with Crippen molar-refractivity contribution in [1.29, 1.82) is 0 Å². The number of hydrogen-bond acceptors (Lipinski definition) is 3. The van der Waals surface area contributed by atoms with Crippen LogP contribution in [-0.4, -0.2) is 10.9 Å². The SMILES string of the molecule is CC(=O)c1cc(Cl)cc(CSc2ccc(F)cc2F)c1O. The zero-order valence-electron chi connectivity index (χ0n) is 11.0. The largest absolute Gasteiger partial charge is 0.507 e. The molecule has 0 amide bonds. The molecule has 2 rings (SSSR count). The summed E-state index contributed by atoms with van der Waals surface area (Å²) in [6.07, 6.45) is 0. The molecule has 0 saturated carbocycles. The molecule has 0 fully saturated rings. The standard InChI is InChI=1S/C15H11ClF2O2S/c1-8(19)12-5-10(16)4-9(15(12)20)7-21-14-3-2-11(17)6-13(14)18/h2-6,20H,7H2,1H3. The molecule has 2 aromatic carbocycles. The van der Waals surface area contributed by atoms with Gasteiger partial charge in [0.2, 0.25) is 0 Å². The lowest BCUT2D eigenvalue weighted by Crippen LogP contribution is -1.96. The van der Waals surface area contributed by atoms with Gasteiger partial charge in [0.25, 0.3) is 0 Å². The van der Waals surface area contributed by atoms with Crippen LogP contribution in [-0.2, 0) is 5.75 Å².